The molecular formula is C36H44N2O4. The summed E-state index contributed by atoms with van der Waals surface area (Å²) >= 11 is 0. The molecule has 6 nitrogen and oxygen atoms in total. The van der Waals surface area contributed by atoms with Crippen molar-refractivity contribution >= 4 is 22.8 Å². The Morgan fingerprint density at radius 2 is 1.67 bits per heavy atom. The molecule has 1 heterocycles. The first-order chi connectivity index (χ1) is 19.7. The standard InChI is InChI=1S/C36H44N2O4/c1-10-41-34(40)36(7,8)42-29-16-11-13-25(19-29)20-31-24(3)38(9)32-22-27(17-18-30(31)32)33(39)37-23(2)26-14-12-15-28(21-26)35(4,5)6/h11-19,21-23H,10,20H2,1-9H3,(H,37,39)/t23-/m0/s1. The minimum absolute atomic E-state index is 0.0421. The molecule has 0 fully saturated rings. The Balaban J connectivity index is 1.55. The molecule has 6 heteroatoms. The lowest BCUT2D eigenvalue weighted by atomic mass is 9.85. The van der Waals surface area contributed by atoms with Crippen LogP contribution >= 0.6 is 0 Å². The Kier molecular flexibility index (Phi) is 8.86. The number of carbonyl (C=O) groups is 2. The quantitative estimate of drug-likeness (QED) is 0.211. The SMILES string of the molecule is CCOC(=O)C(C)(C)Oc1cccc(Cc2c(C)n(C)c3cc(C(=O)N[C@@H](C)c4cccc(C(C)(C)C)c4)ccc23)c1. The molecule has 0 saturated carbocycles. The molecular weight excluding hydrogens is 524 g/mol. The minimum atomic E-state index is -1.09. The van der Waals surface area contributed by atoms with E-state index in [9.17, 15) is 9.59 Å². The fourth-order valence-electron chi connectivity index (χ4n) is 5.21. The Bertz CT molecular complexity index is 1610. The third-order valence-electron chi connectivity index (χ3n) is 7.91. The van der Waals surface area contributed by atoms with Crippen molar-refractivity contribution in [1.29, 1.82) is 0 Å². The first-order valence-electron chi connectivity index (χ1n) is 14.7. The van der Waals surface area contributed by atoms with Crippen LogP contribution in [0.4, 0.5) is 0 Å². The molecule has 1 amide bonds. The second-order valence-corrected chi connectivity index (χ2v) is 12.6. The number of hydrogen-bond donors (Lipinski definition) is 1. The number of hydrogen-bond acceptors (Lipinski definition) is 4. The first kappa shape index (κ1) is 30.9. The van der Waals surface area contributed by atoms with Crippen LogP contribution in [0.5, 0.6) is 5.75 Å². The zero-order valence-electron chi connectivity index (χ0n) is 26.4. The number of benzene rings is 3. The summed E-state index contributed by atoms with van der Waals surface area (Å²) < 4.78 is 13.3. The van der Waals surface area contributed by atoms with Gasteiger partial charge in [0.25, 0.3) is 5.91 Å². The van der Waals surface area contributed by atoms with Crippen molar-refractivity contribution in [3.05, 3.63) is 100 Å². The highest BCUT2D eigenvalue weighted by molar-refractivity contribution is 5.99. The van der Waals surface area contributed by atoms with Crippen LogP contribution < -0.4 is 10.1 Å². The lowest BCUT2D eigenvalue weighted by Gasteiger charge is -2.24. The maximum absolute atomic E-state index is 13.3. The van der Waals surface area contributed by atoms with Gasteiger partial charge in [0, 0.05) is 29.2 Å². The number of aryl methyl sites for hydroxylation is 1. The molecule has 1 aromatic heterocycles. The van der Waals surface area contributed by atoms with Crippen LogP contribution in [0.15, 0.2) is 66.7 Å². The van der Waals surface area contributed by atoms with E-state index in [-0.39, 0.29) is 17.4 Å². The van der Waals surface area contributed by atoms with E-state index in [0.29, 0.717) is 24.3 Å². The van der Waals surface area contributed by atoms with Crippen LogP contribution in [0.1, 0.15) is 92.8 Å². The fourth-order valence-corrected chi connectivity index (χ4v) is 5.21. The van der Waals surface area contributed by atoms with Crippen molar-refractivity contribution < 1.29 is 19.1 Å². The number of fused-ring (bicyclic) bond motifs is 1. The van der Waals surface area contributed by atoms with Gasteiger partial charge in [0.05, 0.1) is 12.6 Å². The fraction of sp³-hybridized carbons (Fsp3) is 0.389. The number of rotatable bonds is 9. The van der Waals surface area contributed by atoms with Gasteiger partial charge in [-0.25, -0.2) is 4.79 Å². The van der Waals surface area contributed by atoms with Crippen LogP contribution in [0.25, 0.3) is 10.9 Å². The van der Waals surface area contributed by atoms with E-state index in [2.05, 4.69) is 67.9 Å². The number of aromatic nitrogens is 1. The van der Waals surface area contributed by atoms with Crippen LogP contribution in [-0.4, -0.2) is 28.7 Å². The van der Waals surface area contributed by atoms with Crippen molar-refractivity contribution in [3.8, 4) is 5.75 Å². The van der Waals surface area contributed by atoms with Gasteiger partial charge >= 0.3 is 5.97 Å². The van der Waals surface area contributed by atoms with Gasteiger partial charge in [-0.15, -0.1) is 0 Å². The molecule has 0 aliphatic heterocycles. The van der Waals surface area contributed by atoms with Crippen molar-refractivity contribution in [2.75, 3.05) is 6.61 Å². The number of esters is 1. The second-order valence-electron chi connectivity index (χ2n) is 12.6. The monoisotopic (exact) mass is 568 g/mol. The van der Waals surface area contributed by atoms with Crippen molar-refractivity contribution in [2.45, 2.75) is 78.9 Å². The Morgan fingerprint density at radius 1 is 0.952 bits per heavy atom. The molecule has 0 bridgehead atoms. The van der Waals surface area contributed by atoms with Gasteiger partial charge in [-0.3, -0.25) is 4.79 Å². The molecule has 4 rings (SSSR count). The summed E-state index contributed by atoms with van der Waals surface area (Å²) in [6, 6.07) is 22.0. The van der Waals surface area contributed by atoms with Gasteiger partial charge in [0.2, 0.25) is 0 Å². The minimum Gasteiger partial charge on any atom is -0.476 e. The Hall–Kier alpha value is -4.06. The normalized spacial score (nSPS) is 12.7. The highest BCUT2D eigenvalue weighted by atomic mass is 16.6. The maximum Gasteiger partial charge on any atom is 0.349 e. The number of amides is 1. The van der Waals surface area contributed by atoms with E-state index in [1.165, 1.54) is 11.1 Å². The average Bonchev–Trinajstić information content (AvgIpc) is 3.17. The summed E-state index contributed by atoms with van der Waals surface area (Å²) in [5, 5.41) is 4.29. The van der Waals surface area contributed by atoms with E-state index in [0.717, 1.165) is 27.7 Å². The summed E-state index contributed by atoms with van der Waals surface area (Å²) in [5.74, 6) is 0.123. The van der Waals surface area contributed by atoms with E-state index in [1.807, 2.05) is 50.4 Å². The highest BCUT2D eigenvalue weighted by Gasteiger charge is 2.31. The van der Waals surface area contributed by atoms with Gasteiger partial charge in [-0.05, 0) is 93.0 Å². The molecule has 4 aromatic rings. The van der Waals surface area contributed by atoms with Crippen molar-refractivity contribution in [2.24, 2.45) is 7.05 Å². The average molecular weight is 569 g/mol. The van der Waals surface area contributed by atoms with Crippen LogP contribution in [0.3, 0.4) is 0 Å². The predicted octanol–water partition coefficient (Wildman–Crippen LogP) is 7.59. The lowest BCUT2D eigenvalue weighted by Crippen LogP contribution is -2.39. The molecule has 3 aromatic carbocycles. The van der Waals surface area contributed by atoms with Crippen LogP contribution in [-0.2, 0) is 28.4 Å². The molecule has 0 aliphatic carbocycles. The third kappa shape index (κ3) is 6.70. The number of nitrogens with one attached hydrogen (secondary N) is 1. The molecule has 1 N–H and O–H groups in total. The predicted molar refractivity (Wildman–Crippen MR) is 169 cm³/mol. The van der Waals surface area contributed by atoms with Gasteiger partial charge in [0.15, 0.2) is 5.60 Å². The number of ether oxygens (including phenoxy) is 2. The maximum atomic E-state index is 13.3. The molecule has 0 spiro atoms. The highest BCUT2D eigenvalue weighted by Crippen LogP contribution is 2.30. The van der Waals surface area contributed by atoms with Gasteiger partial charge < -0.3 is 19.4 Å². The molecule has 1 atom stereocenters. The van der Waals surface area contributed by atoms with E-state index < -0.39 is 11.6 Å². The Labute approximate surface area is 250 Å². The van der Waals surface area contributed by atoms with Gasteiger partial charge in [-0.2, -0.15) is 0 Å². The van der Waals surface area contributed by atoms with Gasteiger partial charge in [-0.1, -0.05) is 63.2 Å². The third-order valence-corrected chi connectivity index (χ3v) is 7.91. The van der Waals surface area contributed by atoms with Gasteiger partial charge in [0.1, 0.15) is 5.75 Å². The molecule has 222 valence electrons. The van der Waals surface area contributed by atoms with Crippen molar-refractivity contribution in [3.63, 3.8) is 0 Å². The smallest absolute Gasteiger partial charge is 0.349 e. The number of nitrogens with zero attached hydrogens (tertiary/aromatic N) is 1. The van der Waals surface area contributed by atoms with Crippen molar-refractivity contribution in [1.82, 2.24) is 9.88 Å². The summed E-state index contributed by atoms with van der Waals surface area (Å²) in [6.45, 7) is 16.2. The van der Waals surface area contributed by atoms with Crippen LogP contribution in [0.2, 0.25) is 0 Å². The van der Waals surface area contributed by atoms with E-state index in [4.69, 9.17) is 9.47 Å². The Morgan fingerprint density at radius 3 is 2.36 bits per heavy atom. The van der Waals surface area contributed by atoms with E-state index in [1.54, 1.807) is 20.8 Å². The molecule has 0 aliphatic rings. The second kappa shape index (κ2) is 12.0. The first-order valence-corrected chi connectivity index (χ1v) is 14.7. The lowest BCUT2D eigenvalue weighted by molar-refractivity contribution is -0.158. The molecule has 0 unspecified atom stereocenters. The summed E-state index contributed by atoms with van der Waals surface area (Å²) in [5.41, 5.74) is 6.31. The summed E-state index contributed by atoms with van der Waals surface area (Å²) in [6.07, 6.45) is 0.687. The summed E-state index contributed by atoms with van der Waals surface area (Å²) in [7, 11) is 2.03. The molecule has 0 saturated heterocycles. The zero-order valence-corrected chi connectivity index (χ0v) is 26.4. The number of carbonyl (C=O) groups excluding carboxylic acids is 2. The largest absolute Gasteiger partial charge is 0.476 e. The zero-order chi connectivity index (χ0) is 30.8. The molecule has 42 heavy (non-hydrogen) atoms. The topological polar surface area (TPSA) is 69.6 Å². The summed E-state index contributed by atoms with van der Waals surface area (Å²) in [4.78, 5) is 25.6. The van der Waals surface area contributed by atoms with E-state index >= 15 is 0 Å². The molecule has 0 radical (unpaired) electrons. The van der Waals surface area contributed by atoms with Crippen LogP contribution in [0, 0.1) is 6.92 Å².